The molecule has 2 aromatic carbocycles. The molecule has 0 fully saturated rings. The van der Waals surface area contributed by atoms with Gasteiger partial charge in [-0.2, -0.15) is 0 Å². The minimum absolute atomic E-state index is 0.329. The van der Waals surface area contributed by atoms with Crippen LogP contribution in [0.25, 0.3) is 22.8 Å². The van der Waals surface area contributed by atoms with Gasteiger partial charge in [-0.1, -0.05) is 74.9 Å². The average Bonchev–Trinajstić information content (AvgIpc) is 3.13. The zero-order chi connectivity index (χ0) is 21.9. The molecular formula is C26H31N3O. The summed E-state index contributed by atoms with van der Waals surface area (Å²) in [5.74, 6) is 2.05. The van der Waals surface area contributed by atoms with Crippen molar-refractivity contribution in [3.63, 3.8) is 0 Å². The molecule has 0 spiro atoms. The Hall–Kier alpha value is -3.40. The van der Waals surface area contributed by atoms with Crippen molar-refractivity contribution in [3.05, 3.63) is 90.8 Å². The molecule has 4 heteroatoms. The molecule has 0 saturated heterocycles. The number of aryl methyl sites for hydroxylation is 2. The van der Waals surface area contributed by atoms with E-state index in [1.807, 2.05) is 73.3 Å². The molecule has 0 atom stereocenters. The van der Waals surface area contributed by atoms with Gasteiger partial charge in [0.25, 0.3) is 0 Å². The minimum atomic E-state index is 0.329. The van der Waals surface area contributed by atoms with Crippen molar-refractivity contribution in [2.75, 3.05) is 0 Å². The molecule has 1 N–H and O–H groups in total. The highest BCUT2D eigenvalue weighted by Crippen LogP contribution is 2.22. The number of phenols is 1. The van der Waals surface area contributed by atoms with Gasteiger partial charge in [0.2, 0.25) is 0 Å². The average molecular weight is 402 g/mol. The van der Waals surface area contributed by atoms with Crippen LogP contribution in [0.4, 0.5) is 0 Å². The van der Waals surface area contributed by atoms with Crippen LogP contribution in [0.5, 0.6) is 5.75 Å². The Morgan fingerprint density at radius 2 is 1.40 bits per heavy atom. The predicted molar refractivity (Wildman–Crippen MR) is 125 cm³/mol. The number of benzene rings is 2. The zero-order valence-electron chi connectivity index (χ0n) is 18.4. The van der Waals surface area contributed by atoms with Gasteiger partial charge in [0, 0.05) is 25.0 Å². The summed E-state index contributed by atoms with van der Waals surface area (Å²) in [6.45, 7) is 8.49. The molecule has 4 rings (SSSR count). The van der Waals surface area contributed by atoms with Crippen LogP contribution in [0.1, 0.15) is 26.3 Å². The molecular weight excluding hydrogens is 370 g/mol. The largest absolute Gasteiger partial charge is 0.508 e. The standard InChI is InChI=1S/C15H13N3.C7H8O.C4H10/c1-18-11-14(12-7-3-2-4-8-12)17-15(18)13-9-5-6-10-16-13;1-6-2-4-7(8)5-3-6;1-4(2)3/h2-11H,1H3;2-5,8H,1H3;4H,1-3H3. The lowest BCUT2D eigenvalue weighted by Crippen LogP contribution is -1.92. The van der Waals surface area contributed by atoms with Gasteiger partial charge in [-0.15, -0.1) is 0 Å². The smallest absolute Gasteiger partial charge is 0.159 e. The molecule has 2 heterocycles. The summed E-state index contributed by atoms with van der Waals surface area (Å²) in [5, 5.41) is 8.76. The summed E-state index contributed by atoms with van der Waals surface area (Å²) in [5.41, 5.74) is 4.15. The molecule has 4 aromatic rings. The SMILES string of the molecule is CC(C)C.Cc1ccc(O)cc1.Cn1cc(-c2ccccc2)nc1-c1ccccn1. The molecule has 0 aliphatic rings. The maximum Gasteiger partial charge on any atom is 0.159 e. The van der Waals surface area contributed by atoms with Crippen molar-refractivity contribution >= 4 is 0 Å². The number of pyridine rings is 1. The van der Waals surface area contributed by atoms with Crippen molar-refractivity contribution in [2.24, 2.45) is 13.0 Å². The van der Waals surface area contributed by atoms with E-state index in [0.29, 0.717) is 5.75 Å². The maximum absolute atomic E-state index is 8.76. The van der Waals surface area contributed by atoms with E-state index in [1.54, 1.807) is 18.3 Å². The third-order valence-corrected chi connectivity index (χ3v) is 3.87. The van der Waals surface area contributed by atoms with Crippen molar-refractivity contribution in [1.29, 1.82) is 0 Å². The highest BCUT2D eigenvalue weighted by molar-refractivity contribution is 5.63. The normalized spacial score (nSPS) is 9.93. The molecule has 4 nitrogen and oxygen atoms in total. The predicted octanol–water partition coefficient (Wildman–Crippen LogP) is 6.51. The lowest BCUT2D eigenvalue weighted by atomic mass is 10.2. The molecule has 0 saturated carbocycles. The Kier molecular flexibility index (Phi) is 8.82. The van der Waals surface area contributed by atoms with E-state index in [9.17, 15) is 0 Å². The summed E-state index contributed by atoms with van der Waals surface area (Å²) in [6.07, 6.45) is 3.81. The third-order valence-electron chi connectivity index (χ3n) is 3.87. The van der Waals surface area contributed by atoms with E-state index >= 15 is 0 Å². The molecule has 0 bridgehead atoms. The van der Waals surface area contributed by atoms with E-state index in [1.165, 1.54) is 5.56 Å². The second kappa shape index (κ2) is 11.6. The summed E-state index contributed by atoms with van der Waals surface area (Å²) in [6, 6.07) is 23.1. The molecule has 0 unspecified atom stereocenters. The summed E-state index contributed by atoms with van der Waals surface area (Å²) < 4.78 is 2.00. The number of aromatic nitrogens is 3. The molecule has 0 amide bonds. The number of phenolic OH excluding ortho intramolecular Hbond substituents is 1. The van der Waals surface area contributed by atoms with E-state index in [-0.39, 0.29) is 0 Å². The molecule has 2 aromatic heterocycles. The Bertz CT molecular complexity index is 968. The van der Waals surface area contributed by atoms with Gasteiger partial charge in [0.1, 0.15) is 11.4 Å². The highest BCUT2D eigenvalue weighted by atomic mass is 16.3. The fraction of sp³-hybridized carbons (Fsp3) is 0.231. The summed E-state index contributed by atoms with van der Waals surface area (Å²) in [4.78, 5) is 8.98. The molecule has 0 aliphatic carbocycles. The van der Waals surface area contributed by atoms with Gasteiger partial charge in [-0.25, -0.2) is 4.98 Å². The number of nitrogens with zero attached hydrogens (tertiary/aromatic N) is 3. The van der Waals surface area contributed by atoms with Crippen molar-refractivity contribution < 1.29 is 5.11 Å². The van der Waals surface area contributed by atoms with Gasteiger partial charge < -0.3 is 9.67 Å². The van der Waals surface area contributed by atoms with Gasteiger partial charge in [0.05, 0.1) is 5.69 Å². The van der Waals surface area contributed by atoms with Gasteiger partial charge >= 0.3 is 0 Å². The monoisotopic (exact) mass is 401 g/mol. The number of hydrogen-bond donors (Lipinski definition) is 1. The summed E-state index contributed by atoms with van der Waals surface area (Å²) >= 11 is 0. The zero-order valence-corrected chi connectivity index (χ0v) is 18.4. The van der Waals surface area contributed by atoms with Crippen molar-refractivity contribution in [1.82, 2.24) is 14.5 Å². The first-order valence-corrected chi connectivity index (χ1v) is 10.1. The molecule has 0 radical (unpaired) electrons. The maximum atomic E-state index is 8.76. The topological polar surface area (TPSA) is 50.9 Å². The molecule has 0 aliphatic heterocycles. The lowest BCUT2D eigenvalue weighted by molar-refractivity contribution is 0.475. The van der Waals surface area contributed by atoms with Gasteiger partial charge in [-0.3, -0.25) is 4.98 Å². The molecule has 156 valence electrons. The first kappa shape index (κ1) is 22.9. The fourth-order valence-corrected chi connectivity index (χ4v) is 2.49. The Balaban J connectivity index is 0.000000222. The van der Waals surface area contributed by atoms with E-state index in [2.05, 4.69) is 42.9 Å². The Labute approximate surface area is 179 Å². The second-order valence-corrected chi connectivity index (χ2v) is 7.71. The van der Waals surface area contributed by atoms with Crippen LogP contribution in [0, 0.1) is 12.8 Å². The van der Waals surface area contributed by atoms with Crippen LogP contribution >= 0.6 is 0 Å². The number of aromatic hydroxyl groups is 1. The molecule has 30 heavy (non-hydrogen) atoms. The minimum Gasteiger partial charge on any atom is -0.508 e. The van der Waals surface area contributed by atoms with Gasteiger partial charge in [-0.05, 0) is 37.1 Å². The van der Waals surface area contributed by atoms with Crippen LogP contribution in [-0.2, 0) is 7.05 Å². The quantitative estimate of drug-likeness (QED) is 0.416. The van der Waals surface area contributed by atoms with Crippen molar-refractivity contribution in [2.45, 2.75) is 27.7 Å². The first-order valence-electron chi connectivity index (χ1n) is 10.1. The van der Waals surface area contributed by atoms with Crippen molar-refractivity contribution in [3.8, 4) is 28.5 Å². The Morgan fingerprint density at radius 1 is 0.800 bits per heavy atom. The van der Waals surface area contributed by atoms with Crippen LogP contribution in [0.3, 0.4) is 0 Å². The number of imidazole rings is 1. The third kappa shape index (κ3) is 7.55. The van der Waals surface area contributed by atoms with Crippen LogP contribution in [0.15, 0.2) is 85.2 Å². The van der Waals surface area contributed by atoms with Crippen LogP contribution in [-0.4, -0.2) is 19.6 Å². The number of hydrogen-bond acceptors (Lipinski definition) is 3. The summed E-state index contributed by atoms with van der Waals surface area (Å²) in [7, 11) is 1.99. The second-order valence-electron chi connectivity index (χ2n) is 7.71. The van der Waals surface area contributed by atoms with Crippen LogP contribution in [0.2, 0.25) is 0 Å². The lowest BCUT2D eigenvalue weighted by Gasteiger charge is -1.98. The van der Waals surface area contributed by atoms with E-state index < -0.39 is 0 Å². The number of rotatable bonds is 2. The van der Waals surface area contributed by atoms with E-state index in [0.717, 1.165) is 28.7 Å². The fourth-order valence-electron chi connectivity index (χ4n) is 2.49. The highest BCUT2D eigenvalue weighted by Gasteiger charge is 2.09. The van der Waals surface area contributed by atoms with E-state index in [4.69, 9.17) is 5.11 Å². The first-order chi connectivity index (χ1) is 14.4. The van der Waals surface area contributed by atoms with Crippen LogP contribution < -0.4 is 0 Å². The van der Waals surface area contributed by atoms with Gasteiger partial charge in [0.15, 0.2) is 5.82 Å². The Morgan fingerprint density at radius 3 is 1.93 bits per heavy atom.